The maximum absolute atomic E-state index is 4.12. The largest absolute Gasteiger partial charge is 0.342 e. The van der Waals surface area contributed by atoms with Crippen molar-refractivity contribution in [2.45, 2.75) is 27.3 Å². The third-order valence-electron chi connectivity index (χ3n) is 1.65. The third-order valence-corrected chi connectivity index (χ3v) is 1.65. The molecule has 0 aliphatic carbocycles. The van der Waals surface area contributed by atoms with E-state index in [-0.39, 0.29) is 0 Å². The number of hydrogen-bond acceptors (Lipinski definition) is 4. The van der Waals surface area contributed by atoms with E-state index in [1.165, 1.54) is 6.33 Å². The van der Waals surface area contributed by atoms with Crippen LogP contribution in [0.15, 0.2) is 12.7 Å². The molecule has 0 aliphatic rings. The molecule has 0 aliphatic heterocycles. The van der Waals surface area contributed by atoms with Gasteiger partial charge in [-0.15, -0.1) is 0 Å². The van der Waals surface area contributed by atoms with Crippen LogP contribution in [0.5, 0.6) is 0 Å². The quantitative estimate of drug-likeness (QED) is 0.810. The molecule has 2 rings (SSSR count). The summed E-state index contributed by atoms with van der Waals surface area (Å²) in [6.45, 7) is 7.22. The van der Waals surface area contributed by atoms with E-state index in [9.17, 15) is 0 Å². The van der Waals surface area contributed by atoms with Gasteiger partial charge in [-0.3, -0.25) is 0 Å². The van der Waals surface area contributed by atoms with Crippen LogP contribution in [0.2, 0.25) is 0 Å². The van der Waals surface area contributed by atoms with Crippen LogP contribution >= 0.6 is 0 Å². The highest BCUT2D eigenvalue weighted by Gasteiger charge is 2.02. The van der Waals surface area contributed by atoms with Gasteiger partial charge in [0.2, 0.25) is 0 Å². The van der Waals surface area contributed by atoms with Gasteiger partial charge in [0.25, 0.3) is 0 Å². The number of nitrogens with one attached hydrogen (secondary N) is 2. The molecule has 2 aromatic heterocycles. The average molecular weight is 221 g/mol. The average Bonchev–Trinajstić information content (AvgIpc) is 2.66. The minimum Gasteiger partial charge on any atom is -0.342 e. The number of rotatable bonds is 2. The fraction of sp³-hybridized carbons (Fsp3) is 0.545. The van der Waals surface area contributed by atoms with Crippen LogP contribution in [0.4, 0.5) is 0 Å². The van der Waals surface area contributed by atoms with Gasteiger partial charge in [-0.2, -0.15) is 0 Å². The van der Waals surface area contributed by atoms with E-state index in [1.54, 1.807) is 6.33 Å². The van der Waals surface area contributed by atoms with Crippen LogP contribution in [0, 0.1) is 5.92 Å². The zero-order chi connectivity index (χ0) is 12.0. The summed E-state index contributed by atoms with van der Waals surface area (Å²) < 4.78 is 0. The Morgan fingerprint density at radius 1 is 1.25 bits per heavy atom. The first-order valence-corrected chi connectivity index (χ1v) is 5.42. The molecule has 0 spiro atoms. The number of hydrogen-bond donors (Lipinski definition) is 2. The van der Waals surface area contributed by atoms with E-state index in [0.717, 1.165) is 29.3 Å². The summed E-state index contributed by atoms with van der Waals surface area (Å²) in [6, 6.07) is 0. The molecule has 2 N–H and O–H groups in total. The van der Waals surface area contributed by atoms with Crippen molar-refractivity contribution in [2.75, 3.05) is 7.05 Å². The van der Waals surface area contributed by atoms with Gasteiger partial charge in [0, 0.05) is 6.54 Å². The molecule has 0 saturated carbocycles. The molecule has 5 nitrogen and oxygen atoms in total. The maximum Gasteiger partial charge on any atom is 0.180 e. The molecule has 88 valence electrons. The molecular weight excluding hydrogens is 202 g/mol. The van der Waals surface area contributed by atoms with E-state index >= 15 is 0 Å². The lowest BCUT2D eigenvalue weighted by atomic mass is 10.3. The molecule has 2 heterocycles. The van der Waals surface area contributed by atoms with Gasteiger partial charge in [0.15, 0.2) is 5.65 Å². The summed E-state index contributed by atoms with van der Waals surface area (Å²) in [5, 5.41) is 3.03. The third kappa shape index (κ3) is 3.58. The van der Waals surface area contributed by atoms with Gasteiger partial charge in [-0.1, -0.05) is 20.8 Å². The Bertz CT molecular complexity index is 418. The summed E-state index contributed by atoms with van der Waals surface area (Å²) in [4.78, 5) is 15.2. The van der Waals surface area contributed by atoms with Crippen molar-refractivity contribution in [1.29, 1.82) is 0 Å². The molecule has 5 heteroatoms. The maximum atomic E-state index is 4.12. The van der Waals surface area contributed by atoms with E-state index in [2.05, 4.69) is 46.0 Å². The second-order valence-electron chi connectivity index (χ2n) is 4.18. The highest BCUT2D eigenvalue weighted by atomic mass is 15.0. The lowest BCUT2D eigenvalue weighted by Crippen LogP contribution is -2.07. The van der Waals surface area contributed by atoms with Gasteiger partial charge in [-0.05, 0) is 13.0 Å². The summed E-state index contributed by atoms with van der Waals surface area (Å²) in [7, 11) is 1.88. The lowest BCUT2D eigenvalue weighted by molar-refractivity contribution is 0.737. The van der Waals surface area contributed by atoms with Gasteiger partial charge < -0.3 is 10.3 Å². The Kier molecular flexibility index (Phi) is 4.85. The standard InChI is InChI=1S/C7H9N5.C4H10/c1-8-2-5-6-7(11-3-9-5)12-4-10-6;1-4(2)3/h3-4,8H,2H2,1H3,(H,9,10,11,12);4H,1-3H3. The highest BCUT2D eigenvalue weighted by molar-refractivity contribution is 5.71. The van der Waals surface area contributed by atoms with Crippen LogP contribution in [-0.4, -0.2) is 27.0 Å². The predicted molar refractivity (Wildman–Crippen MR) is 65.0 cm³/mol. The van der Waals surface area contributed by atoms with Crippen molar-refractivity contribution in [3.05, 3.63) is 18.3 Å². The van der Waals surface area contributed by atoms with E-state index in [0.29, 0.717) is 0 Å². The highest BCUT2D eigenvalue weighted by Crippen LogP contribution is 2.07. The normalized spacial score (nSPS) is 10.3. The Morgan fingerprint density at radius 3 is 2.56 bits per heavy atom. The fourth-order valence-corrected chi connectivity index (χ4v) is 1.12. The van der Waals surface area contributed by atoms with Gasteiger partial charge in [0.1, 0.15) is 11.8 Å². The Balaban J connectivity index is 0.000000280. The number of nitrogens with zero attached hydrogens (tertiary/aromatic N) is 3. The zero-order valence-corrected chi connectivity index (χ0v) is 10.3. The molecule has 2 aromatic rings. The first-order chi connectivity index (χ1) is 7.65. The first-order valence-electron chi connectivity index (χ1n) is 5.42. The van der Waals surface area contributed by atoms with Crippen LogP contribution in [0.25, 0.3) is 11.2 Å². The summed E-state index contributed by atoms with van der Waals surface area (Å²) >= 11 is 0. The molecule has 0 bridgehead atoms. The van der Waals surface area contributed by atoms with E-state index in [4.69, 9.17) is 0 Å². The summed E-state index contributed by atoms with van der Waals surface area (Å²) in [5.74, 6) is 0.833. The molecule has 0 radical (unpaired) electrons. The second-order valence-corrected chi connectivity index (χ2v) is 4.18. The monoisotopic (exact) mass is 221 g/mol. The van der Waals surface area contributed by atoms with Crippen LogP contribution in [-0.2, 0) is 6.54 Å². The molecule has 0 atom stereocenters. The van der Waals surface area contributed by atoms with E-state index in [1.807, 2.05) is 7.05 Å². The van der Waals surface area contributed by atoms with Crippen molar-refractivity contribution < 1.29 is 0 Å². The number of aromatic nitrogens is 4. The van der Waals surface area contributed by atoms with Crippen LogP contribution in [0.1, 0.15) is 26.5 Å². The molecule has 16 heavy (non-hydrogen) atoms. The van der Waals surface area contributed by atoms with Crippen LogP contribution < -0.4 is 5.32 Å². The number of imidazole rings is 1. The molecule has 0 amide bonds. The summed E-state index contributed by atoms with van der Waals surface area (Å²) in [6.07, 6.45) is 3.15. The zero-order valence-electron chi connectivity index (χ0n) is 10.3. The predicted octanol–water partition coefficient (Wildman–Crippen LogP) is 1.73. The smallest absolute Gasteiger partial charge is 0.180 e. The number of aromatic amines is 1. The minimum absolute atomic E-state index is 0.718. The first kappa shape index (κ1) is 12.6. The van der Waals surface area contributed by atoms with Crippen molar-refractivity contribution in [1.82, 2.24) is 25.3 Å². The SMILES string of the molecule is CC(C)C.CNCc1ncnc2nc[nH]c12. The Morgan fingerprint density at radius 2 is 1.94 bits per heavy atom. The van der Waals surface area contributed by atoms with Crippen molar-refractivity contribution in [2.24, 2.45) is 5.92 Å². The van der Waals surface area contributed by atoms with Crippen molar-refractivity contribution in [3.63, 3.8) is 0 Å². The Labute approximate surface area is 95.7 Å². The van der Waals surface area contributed by atoms with Crippen molar-refractivity contribution >= 4 is 11.2 Å². The molecule has 0 aromatic carbocycles. The van der Waals surface area contributed by atoms with E-state index < -0.39 is 0 Å². The molecule has 0 unspecified atom stereocenters. The Hall–Kier alpha value is -1.49. The topological polar surface area (TPSA) is 66.5 Å². The van der Waals surface area contributed by atoms with Gasteiger partial charge >= 0.3 is 0 Å². The van der Waals surface area contributed by atoms with Crippen molar-refractivity contribution in [3.8, 4) is 0 Å². The van der Waals surface area contributed by atoms with Gasteiger partial charge in [-0.25, -0.2) is 15.0 Å². The van der Waals surface area contributed by atoms with Crippen LogP contribution in [0.3, 0.4) is 0 Å². The number of fused-ring (bicyclic) bond motifs is 1. The molecule has 0 fully saturated rings. The fourth-order valence-electron chi connectivity index (χ4n) is 1.12. The molecular formula is C11H19N5. The lowest BCUT2D eigenvalue weighted by Gasteiger charge is -1.97. The minimum atomic E-state index is 0.718. The summed E-state index contributed by atoms with van der Waals surface area (Å²) in [5.41, 5.74) is 2.57. The number of H-pyrrole nitrogens is 1. The molecule has 0 saturated heterocycles. The second kappa shape index (κ2) is 6.17. The van der Waals surface area contributed by atoms with Gasteiger partial charge in [0.05, 0.1) is 12.0 Å².